The van der Waals surface area contributed by atoms with Crippen LogP contribution in [0.5, 0.6) is 0 Å². The fourth-order valence-corrected chi connectivity index (χ4v) is 4.27. The Morgan fingerprint density at radius 3 is 2.27 bits per heavy atom. The number of hydrogen-bond acceptors (Lipinski definition) is 3. The quantitative estimate of drug-likeness (QED) is 0.575. The molecule has 0 saturated carbocycles. The van der Waals surface area contributed by atoms with E-state index < -0.39 is 0 Å². The molecule has 0 radical (unpaired) electrons. The molecular formula is C24H39N5O. The first-order valence-electron chi connectivity index (χ1n) is 11.6. The molecule has 6 nitrogen and oxygen atoms in total. The Kier molecular flexibility index (Phi) is 8.00. The molecule has 0 atom stereocenters. The number of guanidine groups is 1. The van der Waals surface area contributed by atoms with Crippen LogP contribution in [0.3, 0.4) is 0 Å². The predicted octanol–water partition coefficient (Wildman–Crippen LogP) is 3.23. The first-order chi connectivity index (χ1) is 14.5. The second-order valence-electron chi connectivity index (χ2n) is 9.16. The van der Waals surface area contributed by atoms with Gasteiger partial charge in [0.2, 0.25) is 5.91 Å². The van der Waals surface area contributed by atoms with Crippen LogP contribution in [0.15, 0.2) is 29.3 Å². The Hall–Kier alpha value is -2.24. The first kappa shape index (κ1) is 22.4. The van der Waals surface area contributed by atoms with Crippen molar-refractivity contribution in [1.29, 1.82) is 0 Å². The largest absolute Gasteiger partial charge is 0.372 e. The lowest BCUT2D eigenvalue weighted by Gasteiger charge is -2.34. The number of carbonyl (C=O) groups excluding carboxylic acids is 1. The minimum absolute atomic E-state index is 0.0776. The number of aliphatic imine (C=N–C) groups is 1. The maximum Gasteiger partial charge on any atom is 0.225 e. The van der Waals surface area contributed by atoms with Crippen LogP contribution >= 0.6 is 0 Å². The fraction of sp³-hybridized carbons (Fsp3) is 0.667. The SMILES string of the molecule is CN=C(NCc1ccc(N2CCC(C)CC2)cc1)NC1CCN(C(=O)C(C)C)CC1. The predicted molar refractivity (Wildman–Crippen MR) is 125 cm³/mol. The van der Waals surface area contributed by atoms with E-state index in [1.54, 1.807) is 0 Å². The second kappa shape index (κ2) is 10.7. The number of likely N-dealkylation sites (tertiary alicyclic amines) is 1. The molecule has 2 heterocycles. The third kappa shape index (κ3) is 6.13. The summed E-state index contributed by atoms with van der Waals surface area (Å²) >= 11 is 0. The number of amides is 1. The van der Waals surface area contributed by atoms with Crippen molar-refractivity contribution < 1.29 is 4.79 Å². The van der Waals surface area contributed by atoms with E-state index in [2.05, 4.69) is 51.7 Å². The average Bonchev–Trinajstić information content (AvgIpc) is 2.77. The number of benzene rings is 1. The van der Waals surface area contributed by atoms with Crippen LogP contribution in [0.25, 0.3) is 0 Å². The molecular weight excluding hydrogens is 374 g/mol. The summed E-state index contributed by atoms with van der Waals surface area (Å²) < 4.78 is 0. The Labute approximate surface area is 182 Å². The molecule has 30 heavy (non-hydrogen) atoms. The molecule has 1 aromatic rings. The second-order valence-corrected chi connectivity index (χ2v) is 9.16. The lowest BCUT2D eigenvalue weighted by Crippen LogP contribution is -2.50. The molecule has 3 rings (SSSR count). The van der Waals surface area contributed by atoms with Crippen LogP contribution in [0.1, 0.15) is 52.0 Å². The van der Waals surface area contributed by atoms with E-state index in [4.69, 9.17) is 0 Å². The summed E-state index contributed by atoms with van der Waals surface area (Å²) in [5, 5.41) is 6.96. The Morgan fingerprint density at radius 2 is 1.70 bits per heavy atom. The van der Waals surface area contributed by atoms with Crippen molar-refractivity contribution in [3.8, 4) is 0 Å². The number of anilines is 1. The molecule has 0 aromatic heterocycles. The zero-order valence-corrected chi connectivity index (χ0v) is 19.2. The lowest BCUT2D eigenvalue weighted by molar-refractivity contribution is -0.135. The molecule has 0 aliphatic carbocycles. The van der Waals surface area contributed by atoms with Crippen molar-refractivity contribution in [1.82, 2.24) is 15.5 Å². The van der Waals surface area contributed by atoms with Gasteiger partial charge in [0.25, 0.3) is 0 Å². The highest BCUT2D eigenvalue weighted by Gasteiger charge is 2.24. The summed E-state index contributed by atoms with van der Waals surface area (Å²) in [6, 6.07) is 9.26. The summed E-state index contributed by atoms with van der Waals surface area (Å²) in [6.45, 7) is 11.0. The van der Waals surface area contributed by atoms with Crippen molar-refractivity contribution in [2.75, 3.05) is 38.1 Å². The van der Waals surface area contributed by atoms with Gasteiger partial charge in [-0.1, -0.05) is 32.9 Å². The molecule has 2 saturated heterocycles. The number of hydrogen-bond donors (Lipinski definition) is 2. The highest BCUT2D eigenvalue weighted by atomic mass is 16.2. The molecule has 2 N–H and O–H groups in total. The summed E-state index contributed by atoms with van der Waals surface area (Å²) in [5.41, 5.74) is 2.58. The van der Waals surface area contributed by atoms with Gasteiger partial charge in [-0.25, -0.2) is 0 Å². The maximum atomic E-state index is 12.1. The van der Waals surface area contributed by atoms with Gasteiger partial charge in [0.15, 0.2) is 5.96 Å². The molecule has 1 amide bonds. The number of nitrogens with zero attached hydrogens (tertiary/aromatic N) is 3. The Morgan fingerprint density at radius 1 is 1.07 bits per heavy atom. The van der Waals surface area contributed by atoms with Gasteiger partial charge in [-0.2, -0.15) is 0 Å². The van der Waals surface area contributed by atoms with Crippen LogP contribution in [0.2, 0.25) is 0 Å². The average molecular weight is 414 g/mol. The third-order valence-corrected chi connectivity index (χ3v) is 6.41. The normalized spacial score (nSPS) is 19.3. The number of nitrogens with one attached hydrogen (secondary N) is 2. The minimum Gasteiger partial charge on any atom is -0.372 e. The molecule has 0 spiro atoms. The molecule has 2 aliphatic heterocycles. The van der Waals surface area contributed by atoms with E-state index in [1.807, 2.05) is 25.8 Å². The zero-order valence-electron chi connectivity index (χ0n) is 19.2. The number of carbonyl (C=O) groups is 1. The lowest BCUT2D eigenvalue weighted by atomic mass is 9.99. The van der Waals surface area contributed by atoms with Crippen molar-refractivity contribution in [2.45, 2.75) is 59.0 Å². The number of piperidine rings is 2. The first-order valence-corrected chi connectivity index (χ1v) is 11.6. The van der Waals surface area contributed by atoms with Gasteiger partial charge in [0.05, 0.1) is 0 Å². The van der Waals surface area contributed by atoms with Crippen LogP contribution in [-0.2, 0) is 11.3 Å². The van der Waals surface area contributed by atoms with Gasteiger partial charge in [-0.3, -0.25) is 9.79 Å². The van der Waals surface area contributed by atoms with Gasteiger partial charge < -0.3 is 20.4 Å². The van der Waals surface area contributed by atoms with Gasteiger partial charge >= 0.3 is 0 Å². The van der Waals surface area contributed by atoms with Crippen molar-refractivity contribution >= 4 is 17.6 Å². The van der Waals surface area contributed by atoms with E-state index in [9.17, 15) is 4.79 Å². The van der Waals surface area contributed by atoms with Crippen LogP contribution < -0.4 is 15.5 Å². The number of rotatable bonds is 5. The van der Waals surface area contributed by atoms with Gasteiger partial charge in [-0.05, 0) is 49.3 Å². The van der Waals surface area contributed by atoms with Crippen LogP contribution in [-0.4, -0.2) is 56.0 Å². The topological polar surface area (TPSA) is 60.0 Å². The molecule has 1 aromatic carbocycles. The minimum atomic E-state index is 0.0776. The smallest absolute Gasteiger partial charge is 0.225 e. The summed E-state index contributed by atoms with van der Waals surface area (Å²) in [6.07, 6.45) is 4.50. The summed E-state index contributed by atoms with van der Waals surface area (Å²) in [7, 11) is 1.81. The van der Waals surface area contributed by atoms with E-state index in [1.165, 1.54) is 24.1 Å². The fourth-order valence-electron chi connectivity index (χ4n) is 4.27. The molecule has 2 fully saturated rings. The molecule has 0 unspecified atom stereocenters. The monoisotopic (exact) mass is 413 g/mol. The molecule has 0 bridgehead atoms. The van der Waals surface area contributed by atoms with E-state index >= 15 is 0 Å². The van der Waals surface area contributed by atoms with E-state index in [0.29, 0.717) is 6.04 Å². The maximum absolute atomic E-state index is 12.1. The Balaban J connectivity index is 1.43. The summed E-state index contributed by atoms with van der Waals surface area (Å²) in [4.78, 5) is 21.0. The standard InChI is InChI=1S/C24H39N5O/c1-18(2)23(30)29-15-11-21(12-16-29)27-24(25-4)26-17-20-5-7-22(8-6-20)28-13-9-19(3)10-14-28/h5-8,18-19,21H,9-17H2,1-4H3,(H2,25,26,27). The van der Waals surface area contributed by atoms with Crippen molar-refractivity contribution in [2.24, 2.45) is 16.8 Å². The van der Waals surface area contributed by atoms with Crippen molar-refractivity contribution in [3.63, 3.8) is 0 Å². The molecule has 6 heteroatoms. The molecule has 2 aliphatic rings. The van der Waals surface area contributed by atoms with Crippen LogP contribution in [0, 0.1) is 11.8 Å². The van der Waals surface area contributed by atoms with E-state index in [-0.39, 0.29) is 11.8 Å². The highest BCUT2D eigenvalue weighted by Crippen LogP contribution is 2.23. The van der Waals surface area contributed by atoms with Gasteiger partial charge in [0, 0.05) is 57.4 Å². The summed E-state index contributed by atoms with van der Waals surface area (Å²) in [5.74, 6) is 2.02. The van der Waals surface area contributed by atoms with Crippen molar-refractivity contribution in [3.05, 3.63) is 29.8 Å². The third-order valence-electron chi connectivity index (χ3n) is 6.41. The Bertz CT molecular complexity index is 699. The van der Waals surface area contributed by atoms with E-state index in [0.717, 1.165) is 57.4 Å². The van der Waals surface area contributed by atoms with Gasteiger partial charge in [-0.15, -0.1) is 0 Å². The highest BCUT2D eigenvalue weighted by molar-refractivity contribution is 5.80. The zero-order chi connectivity index (χ0) is 21.5. The molecule has 166 valence electrons. The van der Waals surface area contributed by atoms with Crippen LogP contribution in [0.4, 0.5) is 5.69 Å². The van der Waals surface area contributed by atoms with Gasteiger partial charge in [0.1, 0.15) is 0 Å².